The number of aromatic carboxylic acids is 3. The lowest BCUT2D eigenvalue weighted by Gasteiger charge is -2.11. The Kier molecular flexibility index (Phi) is 22.6. The summed E-state index contributed by atoms with van der Waals surface area (Å²) in [6.07, 6.45) is -1.18. The molecule has 0 radical (unpaired) electrons. The molecule has 0 fully saturated rings. The van der Waals surface area contributed by atoms with Gasteiger partial charge in [-0.3, -0.25) is 19.0 Å². The minimum absolute atomic E-state index is 0.0796. The second kappa shape index (κ2) is 30.2. The van der Waals surface area contributed by atoms with Gasteiger partial charge in [0.25, 0.3) is 30.1 Å². The van der Waals surface area contributed by atoms with Gasteiger partial charge in [0, 0.05) is 29.7 Å². The van der Waals surface area contributed by atoms with Gasteiger partial charge in [0.15, 0.2) is 0 Å². The second-order valence-corrected chi connectivity index (χ2v) is 25.4. The Balaban J connectivity index is 0.000000192. The number of halogens is 3. The lowest BCUT2D eigenvalue weighted by atomic mass is 10.00. The molecule has 466 valence electrons. The van der Waals surface area contributed by atoms with Gasteiger partial charge in [-0.15, -0.1) is 0 Å². The maximum atomic E-state index is 12.8. The Morgan fingerprint density at radius 3 is 1.01 bits per heavy atom. The summed E-state index contributed by atoms with van der Waals surface area (Å²) in [7, 11) is -11.6. The third kappa shape index (κ3) is 19.7. The first kappa shape index (κ1) is 67.4. The third-order valence-corrected chi connectivity index (χ3v) is 17.9. The molecular weight excluding hydrogens is 1220 g/mol. The molecule has 0 aliphatic carbocycles. The lowest BCUT2D eigenvalue weighted by molar-refractivity contribution is -0.137. The fourth-order valence-electron chi connectivity index (χ4n) is 9.02. The van der Waals surface area contributed by atoms with Gasteiger partial charge in [0.2, 0.25) is 5.91 Å². The van der Waals surface area contributed by atoms with Crippen LogP contribution in [0.5, 0.6) is 0 Å². The van der Waals surface area contributed by atoms with Crippen LogP contribution in [0, 0.1) is 6.92 Å². The topological polar surface area (TPSA) is 280 Å². The first-order valence-corrected chi connectivity index (χ1v) is 32.0. The molecule has 9 aromatic rings. The number of hydrogen-bond acceptors (Lipinski definition) is 10. The highest BCUT2D eigenvalue weighted by atomic mass is 32.2. The summed E-state index contributed by atoms with van der Waals surface area (Å²) < 4.78 is 121. The average Bonchev–Trinajstić information content (AvgIpc) is 1.47. The zero-order valence-electron chi connectivity index (χ0n) is 48.3. The van der Waals surface area contributed by atoms with E-state index in [0.29, 0.717) is 72.8 Å². The van der Waals surface area contributed by atoms with Crippen LogP contribution in [0.15, 0.2) is 233 Å². The van der Waals surface area contributed by atoms with Crippen LogP contribution in [0.25, 0.3) is 0 Å². The lowest BCUT2D eigenvalue weighted by Crippen LogP contribution is -2.14. The summed E-state index contributed by atoms with van der Waals surface area (Å²) in [5, 5.41) is 30.3. The number of aryl methyl sites for hydroxylation is 7. The molecule has 9 aromatic carbocycles. The van der Waals surface area contributed by atoms with E-state index in [2.05, 4.69) is 19.5 Å². The predicted octanol–water partition coefficient (Wildman–Crippen LogP) is 13.2. The molecule has 0 unspecified atom stereocenters. The predicted molar refractivity (Wildman–Crippen MR) is 338 cm³/mol. The van der Waals surface area contributed by atoms with E-state index in [1.54, 1.807) is 121 Å². The molecule has 9 rings (SSSR count). The van der Waals surface area contributed by atoms with Gasteiger partial charge in [-0.25, -0.2) is 39.6 Å². The van der Waals surface area contributed by atoms with Gasteiger partial charge in [-0.2, -0.15) is 13.2 Å². The van der Waals surface area contributed by atoms with Gasteiger partial charge >= 0.3 is 24.1 Å². The number of alkyl halides is 3. The summed E-state index contributed by atoms with van der Waals surface area (Å²) in [4.78, 5) is 44.7. The summed E-state index contributed by atoms with van der Waals surface area (Å²) in [5.74, 6) is -3.13. The average molecular weight is 1280 g/mol. The van der Waals surface area contributed by atoms with Crippen LogP contribution in [0.3, 0.4) is 0 Å². The highest BCUT2D eigenvalue weighted by Gasteiger charge is 2.32. The van der Waals surface area contributed by atoms with Crippen molar-refractivity contribution in [2.45, 2.75) is 73.2 Å². The molecule has 7 N–H and O–H groups in total. The van der Waals surface area contributed by atoms with E-state index in [9.17, 15) is 72.9 Å². The Labute approximate surface area is 519 Å². The first-order valence-electron chi connectivity index (χ1n) is 27.6. The highest BCUT2D eigenvalue weighted by molar-refractivity contribution is 7.93. The molecule has 0 aliphatic heterocycles. The van der Waals surface area contributed by atoms with E-state index in [4.69, 9.17) is 0 Å². The van der Waals surface area contributed by atoms with Crippen LogP contribution in [0.1, 0.15) is 82.5 Å². The number of sulfonamides is 3. The van der Waals surface area contributed by atoms with E-state index in [-0.39, 0.29) is 32.5 Å². The second-order valence-electron chi connectivity index (χ2n) is 20.3. The number of carbonyl (C=O) groups excluding carboxylic acids is 1. The zero-order valence-corrected chi connectivity index (χ0v) is 50.8. The zero-order chi connectivity index (χ0) is 65.2. The summed E-state index contributed by atoms with van der Waals surface area (Å²) in [6.45, 7) is 3.28. The van der Waals surface area contributed by atoms with Crippen molar-refractivity contribution >= 4 is 76.6 Å². The molecule has 0 spiro atoms. The van der Waals surface area contributed by atoms with Crippen molar-refractivity contribution in [3.63, 3.8) is 0 Å². The molecule has 0 aliphatic rings. The van der Waals surface area contributed by atoms with E-state index in [0.717, 1.165) is 51.6 Å². The summed E-state index contributed by atoms with van der Waals surface area (Å²) in [6, 6.07) is 57.0. The van der Waals surface area contributed by atoms with E-state index >= 15 is 0 Å². The number of anilines is 4. The molecule has 0 saturated heterocycles. The SMILES string of the molecule is CC(=O)Nc1ccc(S(=O)(=O)Nc2ccc(CCc3ccccc3C(=O)O)cc2)cc1.Cc1ccc(S(=O)(=O)Nc2ccc(CCc3ccccc3C(=O)O)cc2)cc1.O=C(O)c1ccccc1CCc1ccc(NS(=O)(=O)c2cccc(C(F)(F)F)c2)cc1. The number of amides is 1. The number of rotatable bonds is 22. The van der Waals surface area contributed by atoms with Gasteiger partial charge in [0.05, 0.1) is 36.9 Å². The number of hydrogen-bond donors (Lipinski definition) is 7. The molecule has 1 amide bonds. The van der Waals surface area contributed by atoms with Crippen molar-refractivity contribution < 1.29 is 72.9 Å². The Hall–Kier alpha value is -10.1. The van der Waals surface area contributed by atoms with E-state index < -0.39 is 64.6 Å². The molecule has 17 nitrogen and oxygen atoms in total. The molecule has 0 saturated carbocycles. The fraction of sp³-hybridized carbons (Fsp3) is 0.134. The van der Waals surface area contributed by atoms with Crippen LogP contribution in [-0.4, -0.2) is 64.4 Å². The number of carbonyl (C=O) groups is 4. The minimum Gasteiger partial charge on any atom is -0.478 e. The number of carboxylic acids is 3. The minimum atomic E-state index is -4.65. The fourth-order valence-corrected chi connectivity index (χ4v) is 12.2. The third-order valence-electron chi connectivity index (χ3n) is 13.7. The molecule has 90 heavy (non-hydrogen) atoms. The number of carboxylic acid groups (broad SMARTS) is 3. The number of nitrogens with one attached hydrogen (secondary N) is 4. The van der Waals surface area contributed by atoms with Crippen molar-refractivity contribution in [3.05, 3.63) is 280 Å². The Bertz CT molecular complexity index is 4340. The van der Waals surface area contributed by atoms with E-state index in [1.165, 1.54) is 49.4 Å². The van der Waals surface area contributed by atoms with Crippen molar-refractivity contribution in [1.29, 1.82) is 0 Å². The van der Waals surface area contributed by atoms with Gasteiger partial charge in [-0.1, -0.05) is 115 Å². The van der Waals surface area contributed by atoms with Crippen LogP contribution < -0.4 is 19.5 Å². The van der Waals surface area contributed by atoms with E-state index in [1.807, 2.05) is 37.3 Å². The van der Waals surface area contributed by atoms with Crippen LogP contribution >= 0.6 is 0 Å². The van der Waals surface area contributed by atoms with Crippen molar-refractivity contribution in [2.75, 3.05) is 19.5 Å². The first-order chi connectivity index (χ1) is 42.6. The Morgan fingerprint density at radius 2 is 0.689 bits per heavy atom. The van der Waals surface area contributed by atoms with Crippen molar-refractivity contribution in [1.82, 2.24) is 0 Å². The van der Waals surface area contributed by atoms with Crippen LogP contribution in [-0.2, 0) is 79.6 Å². The van der Waals surface area contributed by atoms with Gasteiger partial charge in [0.1, 0.15) is 0 Å². The van der Waals surface area contributed by atoms with Crippen LogP contribution in [0.2, 0.25) is 0 Å². The maximum absolute atomic E-state index is 12.8. The van der Waals surface area contributed by atoms with Crippen molar-refractivity contribution in [3.8, 4) is 0 Å². The smallest absolute Gasteiger partial charge is 0.416 e. The summed E-state index contributed by atoms with van der Waals surface area (Å²) in [5.41, 5.74) is 7.41. The molecule has 0 atom stereocenters. The molecule has 23 heteroatoms. The molecular formula is C67H61F3N4O13S3. The summed E-state index contributed by atoms with van der Waals surface area (Å²) >= 11 is 0. The quantitative estimate of drug-likeness (QED) is 0.0333. The van der Waals surface area contributed by atoms with Gasteiger partial charge < -0.3 is 20.6 Å². The Morgan fingerprint density at radius 1 is 0.378 bits per heavy atom. The van der Waals surface area contributed by atoms with Gasteiger partial charge in [-0.05, 0) is 188 Å². The standard InChI is InChI=1S/C23H22N2O5S.C22H18F3NO4S.C22H21NO4S/c1-16(26)24-19-12-14-21(15-13-19)31(29,30)25-20-10-7-17(8-11-20)6-9-18-4-2-3-5-22(18)23(27)28;23-22(24,25)17-5-3-6-19(14-17)31(29,30)26-18-12-9-15(10-13-18)8-11-16-4-1-2-7-20(16)21(27)28;1-16-6-14-20(15-7-16)28(26,27)23-19-12-9-17(10-13-19)8-11-18-4-2-3-5-21(18)22(24)25/h2-5,7-8,10-15,25H,6,9H2,1H3,(H,24,26)(H,27,28);1-7,9-10,12-14,26H,8,11H2,(H,27,28);2-7,9-10,12-15,23H,8,11H2,1H3,(H,24,25). The monoisotopic (exact) mass is 1280 g/mol. The molecule has 0 bridgehead atoms. The molecule has 0 heterocycles. The molecule has 0 aromatic heterocycles. The number of benzene rings is 9. The maximum Gasteiger partial charge on any atom is 0.416 e. The van der Waals surface area contributed by atoms with Crippen LogP contribution in [0.4, 0.5) is 35.9 Å². The normalized spacial score (nSPS) is 11.3. The largest absolute Gasteiger partial charge is 0.478 e. The highest BCUT2D eigenvalue weighted by Crippen LogP contribution is 2.31. The van der Waals surface area contributed by atoms with Crippen molar-refractivity contribution in [2.24, 2.45) is 0 Å².